The Balaban J connectivity index is 1.26. The predicted molar refractivity (Wildman–Crippen MR) is 101 cm³/mol. The zero-order valence-corrected chi connectivity index (χ0v) is 15.3. The number of thiazole rings is 1. The minimum absolute atomic E-state index is 0.164. The monoisotopic (exact) mass is 371 g/mol. The van der Waals surface area contributed by atoms with Gasteiger partial charge in [-0.3, -0.25) is 4.79 Å². The van der Waals surface area contributed by atoms with Gasteiger partial charge in [0.2, 0.25) is 0 Å². The van der Waals surface area contributed by atoms with E-state index in [-0.39, 0.29) is 11.7 Å². The van der Waals surface area contributed by atoms with Crippen LogP contribution in [0.1, 0.15) is 30.8 Å². The number of thioether (sulfide) groups is 1. The van der Waals surface area contributed by atoms with Gasteiger partial charge in [0.05, 0.1) is 22.2 Å². The Morgan fingerprint density at radius 2 is 2.28 bits per heavy atom. The fraction of sp³-hybridized carbons (Fsp3) is 0.278. The third-order valence-electron chi connectivity index (χ3n) is 4.10. The molecule has 0 bridgehead atoms. The summed E-state index contributed by atoms with van der Waals surface area (Å²) in [4.78, 5) is 16.4. The van der Waals surface area contributed by atoms with Crippen molar-refractivity contribution in [2.75, 3.05) is 5.75 Å². The number of amides is 1. The second-order valence-electron chi connectivity index (χ2n) is 6.09. The van der Waals surface area contributed by atoms with Gasteiger partial charge < -0.3 is 4.42 Å². The molecule has 4 rings (SSSR count). The van der Waals surface area contributed by atoms with Gasteiger partial charge in [0.15, 0.2) is 4.34 Å². The van der Waals surface area contributed by atoms with E-state index in [9.17, 15) is 4.79 Å². The first-order chi connectivity index (χ1) is 12.2. The Kier molecular flexibility index (Phi) is 4.59. The summed E-state index contributed by atoms with van der Waals surface area (Å²) in [6.45, 7) is 2.21. The van der Waals surface area contributed by atoms with E-state index in [1.807, 2.05) is 36.4 Å². The topological polar surface area (TPSA) is 67.5 Å². The summed E-state index contributed by atoms with van der Waals surface area (Å²) < 4.78 is 7.72. The highest BCUT2D eigenvalue weighted by Gasteiger charge is 2.36. The standard InChI is InChI=1S/C18H17N3O2S2/c1-11-8-13(11)15-7-6-12(23-15)9-19-21-17(22)10-24-18-20-14-4-2-3-5-16(14)25-18/h2-7,9,11,13H,8,10H2,1H3,(H,21,22)/b19-9-/t11-,13-/m0/s1. The van der Waals surface area contributed by atoms with E-state index in [1.54, 1.807) is 11.3 Å². The summed E-state index contributed by atoms with van der Waals surface area (Å²) >= 11 is 3.00. The molecule has 2 atom stereocenters. The van der Waals surface area contributed by atoms with Crippen LogP contribution in [0.4, 0.5) is 0 Å². The number of para-hydroxylation sites is 1. The van der Waals surface area contributed by atoms with Crippen LogP contribution in [-0.2, 0) is 4.79 Å². The maximum Gasteiger partial charge on any atom is 0.250 e. The number of aromatic nitrogens is 1. The highest BCUT2D eigenvalue weighted by Crippen LogP contribution is 2.47. The van der Waals surface area contributed by atoms with Crippen molar-refractivity contribution in [2.45, 2.75) is 23.6 Å². The third-order valence-corrected chi connectivity index (χ3v) is 6.28. The van der Waals surface area contributed by atoms with Crippen LogP contribution in [0.15, 0.2) is 50.3 Å². The number of rotatable bonds is 6. The van der Waals surface area contributed by atoms with Crippen molar-refractivity contribution >= 4 is 45.4 Å². The third kappa shape index (κ3) is 3.93. The molecule has 1 aliphatic rings. The number of nitrogens with one attached hydrogen (secondary N) is 1. The van der Waals surface area contributed by atoms with Gasteiger partial charge >= 0.3 is 0 Å². The van der Waals surface area contributed by atoms with Crippen LogP contribution in [0.2, 0.25) is 0 Å². The van der Waals surface area contributed by atoms with Crippen molar-refractivity contribution in [3.63, 3.8) is 0 Å². The number of furan rings is 1. The number of nitrogens with zero attached hydrogens (tertiary/aromatic N) is 2. The largest absolute Gasteiger partial charge is 0.460 e. The number of carbonyl (C=O) groups excluding carboxylic acids is 1. The molecule has 0 unspecified atom stereocenters. The fourth-order valence-electron chi connectivity index (χ4n) is 2.60. The summed E-state index contributed by atoms with van der Waals surface area (Å²) in [5.41, 5.74) is 3.49. The van der Waals surface area contributed by atoms with Gasteiger partial charge in [-0.2, -0.15) is 5.10 Å². The molecule has 0 aliphatic heterocycles. The number of hydrazone groups is 1. The van der Waals surface area contributed by atoms with Crippen LogP contribution in [0.25, 0.3) is 10.2 Å². The molecule has 1 amide bonds. The first-order valence-electron chi connectivity index (χ1n) is 8.09. The van der Waals surface area contributed by atoms with E-state index in [4.69, 9.17) is 4.42 Å². The summed E-state index contributed by atoms with van der Waals surface area (Å²) in [5, 5.41) is 3.96. The van der Waals surface area contributed by atoms with E-state index < -0.39 is 0 Å². The lowest BCUT2D eigenvalue weighted by Crippen LogP contribution is -2.19. The van der Waals surface area contributed by atoms with Gasteiger partial charge in [-0.15, -0.1) is 11.3 Å². The van der Waals surface area contributed by atoms with Crippen LogP contribution in [0, 0.1) is 5.92 Å². The van der Waals surface area contributed by atoms with Crippen molar-refractivity contribution in [3.8, 4) is 0 Å². The van der Waals surface area contributed by atoms with Gasteiger partial charge in [-0.05, 0) is 36.6 Å². The zero-order chi connectivity index (χ0) is 17.2. The summed E-state index contributed by atoms with van der Waals surface area (Å²) in [5.74, 6) is 3.03. The molecule has 3 aromatic rings. The van der Waals surface area contributed by atoms with Crippen molar-refractivity contribution < 1.29 is 9.21 Å². The summed E-state index contributed by atoms with van der Waals surface area (Å²) in [7, 11) is 0. The number of fused-ring (bicyclic) bond motifs is 1. The molecule has 2 aromatic heterocycles. The molecule has 0 radical (unpaired) electrons. The number of hydrogen-bond acceptors (Lipinski definition) is 6. The van der Waals surface area contributed by atoms with Crippen LogP contribution < -0.4 is 5.43 Å². The molecule has 128 valence electrons. The second kappa shape index (κ2) is 7.01. The number of hydrogen-bond donors (Lipinski definition) is 1. The lowest BCUT2D eigenvalue weighted by molar-refractivity contribution is -0.118. The van der Waals surface area contributed by atoms with Crippen molar-refractivity contribution in [1.82, 2.24) is 10.4 Å². The van der Waals surface area contributed by atoms with Crippen molar-refractivity contribution in [2.24, 2.45) is 11.0 Å². The van der Waals surface area contributed by atoms with E-state index in [0.29, 0.717) is 17.6 Å². The zero-order valence-electron chi connectivity index (χ0n) is 13.6. The van der Waals surface area contributed by atoms with E-state index in [0.717, 1.165) is 20.3 Å². The molecule has 1 fully saturated rings. The average molecular weight is 371 g/mol. The van der Waals surface area contributed by atoms with Gasteiger partial charge in [0.1, 0.15) is 11.5 Å². The molecule has 1 saturated carbocycles. The lowest BCUT2D eigenvalue weighted by Gasteiger charge is -1.96. The quantitative estimate of drug-likeness (QED) is 0.399. The Hall–Kier alpha value is -2.12. The molecule has 1 aliphatic carbocycles. The predicted octanol–water partition coefficient (Wildman–Crippen LogP) is 4.26. The number of carbonyl (C=O) groups is 1. The summed E-state index contributed by atoms with van der Waals surface area (Å²) in [6, 6.07) is 11.8. The highest BCUT2D eigenvalue weighted by atomic mass is 32.2. The highest BCUT2D eigenvalue weighted by molar-refractivity contribution is 8.01. The van der Waals surface area contributed by atoms with Crippen LogP contribution in [-0.4, -0.2) is 22.9 Å². The Morgan fingerprint density at radius 3 is 3.08 bits per heavy atom. The van der Waals surface area contributed by atoms with E-state index >= 15 is 0 Å². The van der Waals surface area contributed by atoms with Gasteiger partial charge in [-0.25, -0.2) is 10.4 Å². The molecule has 1 N–H and O–H groups in total. The van der Waals surface area contributed by atoms with Crippen LogP contribution >= 0.6 is 23.1 Å². The minimum Gasteiger partial charge on any atom is -0.460 e. The van der Waals surface area contributed by atoms with Crippen LogP contribution in [0.3, 0.4) is 0 Å². The lowest BCUT2D eigenvalue weighted by atomic mass is 10.3. The first kappa shape index (κ1) is 16.4. The van der Waals surface area contributed by atoms with Crippen molar-refractivity contribution in [3.05, 3.63) is 47.9 Å². The van der Waals surface area contributed by atoms with Crippen molar-refractivity contribution in [1.29, 1.82) is 0 Å². The van der Waals surface area contributed by atoms with Gasteiger partial charge in [0, 0.05) is 5.92 Å². The SMILES string of the molecule is C[C@H]1C[C@@H]1c1ccc(/C=N\NC(=O)CSc2nc3ccccc3s2)o1. The molecule has 5 nitrogen and oxygen atoms in total. The molecule has 2 heterocycles. The molecule has 7 heteroatoms. The molecule has 0 spiro atoms. The second-order valence-corrected chi connectivity index (χ2v) is 8.34. The molecule has 1 aromatic carbocycles. The fourth-order valence-corrected chi connectivity index (χ4v) is 4.46. The first-order valence-corrected chi connectivity index (χ1v) is 9.89. The molecule has 25 heavy (non-hydrogen) atoms. The normalized spacial score (nSPS) is 19.6. The maximum atomic E-state index is 11.9. The summed E-state index contributed by atoms with van der Waals surface area (Å²) in [6.07, 6.45) is 2.72. The Labute approximate surface area is 153 Å². The van der Waals surface area contributed by atoms with Crippen LogP contribution in [0.5, 0.6) is 0 Å². The minimum atomic E-state index is -0.164. The Bertz CT molecular complexity index is 898. The van der Waals surface area contributed by atoms with Gasteiger partial charge in [-0.1, -0.05) is 30.8 Å². The number of benzene rings is 1. The molecular weight excluding hydrogens is 354 g/mol. The average Bonchev–Trinajstić information content (AvgIpc) is 3.02. The van der Waals surface area contributed by atoms with E-state index in [1.165, 1.54) is 24.4 Å². The molecular formula is C18H17N3O2S2. The molecule has 0 saturated heterocycles. The Morgan fingerprint density at radius 1 is 1.44 bits per heavy atom. The van der Waals surface area contributed by atoms with Gasteiger partial charge in [0.25, 0.3) is 5.91 Å². The van der Waals surface area contributed by atoms with E-state index in [2.05, 4.69) is 22.4 Å². The smallest absolute Gasteiger partial charge is 0.250 e. The maximum absolute atomic E-state index is 11.9.